The fourth-order valence-electron chi connectivity index (χ4n) is 4.94. The van der Waals surface area contributed by atoms with E-state index < -0.39 is 35.0 Å². The molecule has 1 amide bonds. The molecule has 1 atom stereocenters. The number of likely N-dealkylation sites (tertiary alicyclic amines) is 1. The molecule has 9 heteroatoms. The summed E-state index contributed by atoms with van der Waals surface area (Å²) >= 11 is 0. The molecule has 0 aromatic heterocycles. The minimum Gasteiger partial charge on any atom is -0.373 e. The number of hydrogen-bond acceptors (Lipinski definition) is 2. The first-order valence-corrected chi connectivity index (χ1v) is 11.1. The number of amides is 1. The molecule has 1 aliphatic heterocycles. The number of alkyl halides is 6. The third-order valence-electron chi connectivity index (χ3n) is 6.88. The maximum absolute atomic E-state index is 13.2. The molecule has 184 valence electrons. The number of rotatable bonds is 6. The zero-order valence-corrected chi connectivity index (χ0v) is 18.5. The van der Waals surface area contributed by atoms with E-state index >= 15 is 0 Å². The van der Waals surface area contributed by atoms with Gasteiger partial charge in [-0.1, -0.05) is 30.3 Å². The van der Waals surface area contributed by atoms with Crippen LogP contribution in [0.5, 0.6) is 0 Å². The van der Waals surface area contributed by atoms with Gasteiger partial charge in [0, 0.05) is 24.4 Å². The summed E-state index contributed by atoms with van der Waals surface area (Å²) in [6, 6.07) is 11.1. The first kappa shape index (κ1) is 24.6. The van der Waals surface area contributed by atoms with E-state index in [2.05, 4.69) is 0 Å². The lowest BCUT2D eigenvalue weighted by molar-refractivity contribution is -0.143. The zero-order valence-electron chi connectivity index (χ0n) is 18.5. The average molecular weight is 485 g/mol. The average Bonchev–Trinajstić information content (AvgIpc) is 3.17. The predicted molar refractivity (Wildman–Crippen MR) is 113 cm³/mol. The highest BCUT2D eigenvalue weighted by Crippen LogP contribution is 2.48. The second kappa shape index (κ2) is 8.91. The van der Waals surface area contributed by atoms with Gasteiger partial charge in [0.15, 0.2) is 0 Å². The van der Waals surface area contributed by atoms with Crippen molar-refractivity contribution < 1.29 is 35.9 Å². The SMILES string of the molecule is CC(OCC1(c2ccccc2)CC(N2CCCC2=O)C1)c1cc(C(F)(F)F)cc(C(F)(F)F)c1. The van der Waals surface area contributed by atoms with Crippen molar-refractivity contribution in [2.24, 2.45) is 0 Å². The number of hydrogen-bond donors (Lipinski definition) is 0. The van der Waals surface area contributed by atoms with E-state index in [1.165, 1.54) is 6.92 Å². The lowest BCUT2D eigenvalue weighted by Gasteiger charge is -2.51. The van der Waals surface area contributed by atoms with Crippen molar-refractivity contribution in [1.29, 1.82) is 0 Å². The molecule has 3 nitrogen and oxygen atoms in total. The quantitative estimate of drug-likeness (QED) is 0.436. The molecule has 0 N–H and O–H groups in total. The topological polar surface area (TPSA) is 29.5 Å². The van der Waals surface area contributed by atoms with Crippen molar-refractivity contribution in [3.05, 3.63) is 70.8 Å². The number of carbonyl (C=O) groups excluding carboxylic acids is 1. The first-order chi connectivity index (χ1) is 15.9. The third kappa shape index (κ3) is 4.94. The highest BCUT2D eigenvalue weighted by molar-refractivity contribution is 5.78. The van der Waals surface area contributed by atoms with Crippen LogP contribution in [-0.2, 0) is 27.3 Å². The van der Waals surface area contributed by atoms with Crippen molar-refractivity contribution in [2.45, 2.75) is 62.5 Å². The van der Waals surface area contributed by atoms with Crippen molar-refractivity contribution in [2.75, 3.05) is 13.2 Å². The third-order valence-corrected chi connectivity index (χ3v) is 6.88. The van der Waals surface area contributed by atoms with Crippen LogP contribution in [0.3, 0.4) is 0 Å². The van der Waals surface area contributed by atoms with Crippen molar-refractivity contribution in [3.63, 3.8) is 0 Å². The Kier molecular flexibility index (Phi) is 6.44. The molecule has 2 fully saturated rings. The Bertz CT molecular complexity index is 996. The molecule has 1 saturated heterocycles. The Hall–Kier alpha value is -2.55. The molecule has 1 saturated carbocycles. The summed E-state index contributed by atoms with van der Waals surface area (Å²) < 4.78 is 85.4. The van der Waals surface area contributed by atoms with Gasteiger partial charge in [-0.15, -0.1) is 0 Å². The van der Waals surface area contributed by atoms with Gasteiger partial charge in [0.1, 0.15) is 0 Å². The number of nitrogens with zero attached hydrogens (tertiary/aromatic N) is 1. The van der Waals surface area contributed by atoms with E-state index in [-0.39, 0.29) is 30.2 Å². The molecule has 2 aromatic rings. The molecule has 0 bridgehead atoms. The van der Waals surface area contributed by atoms with Crippen LogP contribution >= 0.6 is 0 Å². The molecule has 2 aromatic carbocycles. The minimum atomic E-state index is -4.91. The van der Waals surface area contributed by atoms with E-state index in [0.717, 1.165) is 12.0 Å². The normalized spacial score (nSPS) is 24.3. The number of carbonyl (C=O) groups is 1. The molecule has 0 radical (unpaired) electrons. The van der Waals surface area contributed by atoms with Crippen LogP contribution < -0.4 is 0 Å². The second-order valence-electron chi connectivity index (χ2n) is 9.19. The molecule has 4 rings (SSSR count). The molecule has 1 heterocycles. The summed E-state index contributed by atoms with van der Waals surface area (Å²) in [4.78, 5) is 14.0. The van der Waals surface area contributed by atoms with Crippen LogP contribution in [0.1, 0.15) is 61.0 Å². The molecule has 2 aliphatic rings. The highest BCUT2D eigenvalue weighted by Gasteiger charge is 2.50. The van der Waals surface area contributed by atoms with Crippen LogP contribution in [0.2, 0.25) is 0 Å². The fraction of sp³-hybridized carbons (Fsp3) is 0.480. The lowest BCUT2D eigenvalue weighted by Crippen LogP contribution is -2.55. The Morgan fingerprint density at radius 3 is 2.09 bits per heavy atom. The molecule has 0 spiro atoms. The number of benzene rings is 2. The Morgan fingerprint density at radius 1 is 1.00 bits per heavy atom. The summed E-state index contributed by atoms with van der Waals surface area (Å²) in [6.45, 7) is 2.28. The van der Waals surface area contributed by atoms with E-state index in [9.17, 15) is 31.1 Å². The van der Waals surface area contributed by atoms with Gasteiger partial charge in [0.05, 0.1) is 23.8 Å². The Morgan fingerprint density at radius 2 is 1.59 bits per heavy atom. The zero-order chi connectivity index (χ0) is 24.7. The maximum Gasteiger partial charge on any atom is 0.416 e. The summed E-state index contributed by atoms with van der Waals surface area (Å²) in [5.74, 6) is 0.115. The van der Waals surface area contributed by atoms with Crippen molar-refractivity contribution in [3.8, 4) is 0 Å². The van der Waals surface area contributed by atoms with Crippen LogP contribution in [0.25, 0.3) is 0 Å². The number of halogens is 6. The van der Waals surface area contributed by atoms with Crippen molar-refractivity contribution in [1.82, 2.24) is 4.90 Å². The van der Waals surface area contributed by atoms with Crippen molar-refractivity contribution >= 4 is 5.91 Å². The largest absolute Gasteiger partial charge is 0.416 e. The van der Waals surface area contributed by atoms with Gasteiger partial charge in [0.25, 0.3) is 0 Å². The van der Waals surface area contributed by atoms with E-state index in [0.29, 0.717) is 37.9 Å². The molecular weight excluding hydrogens is 460 g/mol. The van der Waals surface area contributed by atoms with Crippen LogP contribution in [-0.4, -0.2) is 30.0 Å². The van der Waals surface area contributed by atoms with E-state index in [4.69, 9.17) is 4.74 Å². The summed E-state index contributed by atoms with van der Waals surface area (Å²) in [5.41, 5.74) is -2.39. The minimum absolute atomic E-state index is 0.0551. The van der Waals surface area contributed by atoms with Gasteiger partial charge in [-0.2, -0.15) is 26.3 Å². The summed E-state index contributed by atoms with van der Waals surface area (Å²) in [6.07, 6.45) is -8.21. The molecular formula is C25H25F6NO2. The van der Waals surface area contributed by atoms with E-state index in [1.807, 2.05) is 35.2 Å². The smallest absolute Gasteiger partial charge is 0.373 e. The number of ether oxygens (including phenoxy) is 1. The maximum atomic E-state index is 13.2. The van der Waals surface area contributed by atoms with Gasteiger partial charge in [-0.05, 0) is 55.5 Å². The molecule has 1 unspecified atom stereocenters. The highest BCUT2D eigenvalue weighted by atomic mass is 19.4. The standard InChI is InChI=1S/C25H25F6NO2/c1-16(17-10-19(24(26,27)28)12-20(11-17)25(29,30)31)34-15-23(18-6-3-2-4-7-18)13-21(14-23)32-9-5-8-22(32)33/h2-4,6-7,10-12,16,21H,5,8-9,13-15H2,1H3. The van der Waals surface area contributed by atoms with Crippen LogP contribution in [0, 0.1) is 0 Å². The predicted octanol–water partition coefficient (Wildman–Crippen LogP) is 6.52. The summed E-state index contributed by atoms with van der Waals surface area (Å²) in [7, 11) is 0. The Labute approximate surface area is 193 Å². The Balaban J connectivity index is 1.55. The van der Waals surface area contributed by atoms with Gasteiger partial charge in [0.2, 0.25) is 5.91 Å². The monoisotopic (exact) mass is 485 g/mol. The van der Waals surface area contributed by atoms with Crippen LogP contribution in [0.15, 0.2) is 48.5 Å². The summed E-state index contributed by atoms with van der Waals surface area (Å²) in [5, 5.41) is 0. The van der Waals surface area contributed by atoms with E-state index in [1.54, 1.807) is 0 Å². The molecule has 1 aliphatic carbocycles. The van der Waals surface area contributed by atoms with Gasteiger partial charge in [-0.25, -0.2) is 0 Å². The van der Waals surface area contributed by atoms with Crippen LogP contribution in [0.4, 0.5) is 26.3 Å². The second-order valence-corrected chi connectivity index (χ2v) is 9.19. The van der Waals surface area contributed by atoms with Gasteiger partial charge < -0.3 is 9.64 Å². The van der Waals surface area contributed by atoms with Gasteiger partial charge >= 0.3 is 12.4 Å². The van der Waals surface area contributed by atoms with Gasteiger partial charge in [-0.3, -0.25) is 4.79 Å². The first-order valence-electron chi connectivity index (χ1n) is 11.1. The fourth-order valence-corrected chi connectivity index (χ4v) is 4.94. The lowest BCUT2D eigenvalue weighted by atomic mass is 9.61. The molecule has 34 heavy (non-hydrogen) atoms.